The Labute approximate surface area is 186 Å². The van der Waals surface area contributed by atoms with Crippen molar-refractivity contribution < 1.29 is 29.6 Å². The summed E-state index contributed by atoms with van der Waals surface area (Å²) in [6, 6.07) is 0.889. The summed E-state index contributed by atoms with van der Waals surface area (Å²) in [4.78, 5) is 15.3. The number of nitrogens with one attached hydrogen (secondary N) is 1. The number of hydrogen-bond donors (Lipinski definition) is 4. The molecular formula is C24H28N2O6. The second-order valence-corrected chi connectivity index (χ2v) is 8.74. The van der Waals surface area contributed by atoms with Crippen molar-refractivity contribution in [1.82, 2.24) is 5.32 Å². The van der Waals surface area contributed by atoms with Crippen LogP contribution in [0.3, 0.4) is 0 Å². The number of aliphatic hydroxyl groups is 3. The number of aliphatic hydroxyl groups excluding tert-OH is 3. The first kappa shape index (κ1) is 21.1. The molecule has 8 heteroatoms. The van der Waals surface area contributed by atoms with E-state index in [-0.39, 0.29) is 12.7 Å². The molecule has 2 aliphatic heterocycles. The highest BCUT2D eigenvalue weighted by molar-refractivity contribution is 6.10. The Morgan fingerprint density at radius 1 is 1.19 bits per heavy atom. The van der Waals surface area contributed by atoms with Gasteiger partial charge < -0.3 is 35.0 Å². The molecule has 4 N–H and O–H groups in total. The molecule has 2 heterocycles. The number of fused-ring (bicyclic) bond motifs is 4. The lowest BCUT2D eigenvalue weighted by Gasteiger charge is -2.40. The van der Waals surface area contributed by atoms with E-state index in [2.05, 4.69) is 24.0 Å². The average molecular weight is 440 g/mol. The molecule has 1 amide bonds. The topological polar surface area (TPSA) is 111 Å². The van der Waals surface area contributed by atoms with Crippen LogP contribution in [0.5, 0.6) is 11.5 Å². The van der Waals surface area contributed by atoms with Crippen LogP contribution in [-0.4, -0.2) is 65.5 Å². The van der Waals surface area contributed by atoms with Gasteiger partial charge in [-0.05, 0) is 42.0 Å². The van der Waals surface area contributed by atoms with Crippen LogP contribution in [0, 0.1) is 5.92 Å². The van der Waals surface area contributed by atoms with Crippen molar-refractivity contribution in [3.63, 3.8) is 0 Å². The molecule has 0 saturated heterocycles. The zero-order valence-corrected chi connectivity index (χ0v) is 17.7. The molecule has 4 aliphatic rings. The molecule has 4 atom stereocenters. The minimum Gasteiger partial charge on any atom is -0.453 e. The minimum absolute atomic E-state index is 0.0408. The molecule has 8 nitrogen and oxygen atoms in total. The molecule has 0 radical (unpaired) electrons. The summed E-state index contributed by atoms with van der Waals surface area (Å²) in [5.74, 6) is 1.23. The van der Waals surface area contributed by atoms with Crippen LogP contribution in [-0.2, 0) is 0 Å². The van der Waals surface area contributed by atoms with Gasteiger partial charge >= 0.3 is 0 Å². The number of allylic oxidation sites excluding steroid dienone is 1. The third-order valence-corrected chi connectivity index (χ3v) is 6.74. The van der Waals surface area contributed by atoms with E-state index in [4.69, 9.17) is 9.47 Å². The van der Waals surface area contributed by atoms with Gasteiger partial charge in [-0.15, -0.1) is 6.58 Å². The summed E-state index contributed by atoms with van der Waals surface area (Å²) < 4.78 is 11.4. The predicted molar refractivity (Wildman–Crippen MR) is 119 cm³/mol. The second kappa shape index (κ2) is 8.27. The van der Waals surface area contributed by atoms with Crippen molar-refractivity contribution in [3.8, 4) is 11.5 Å². The van der Waals surface area contributed by atoms with Crippen LogP contribution < -0.4 is 19.7 Å². The highest BCUT2D eigenvalue weighted by Gasteiger charge is 2.45. The molecule has 0 bridgehead atoms. The Bertz CT molecular complexity index is 999. The minimum atomic E-state index is -1.38. The van der Waals surface area contributed by atoms with Crippen LogP contribution in [0.4, 0.5) is 5.69 Å². The molecule has 0 aromatic heterocycles. The number of nitrogens with zero attached hydrogens (tertiary/aromatic N) is 1. The lowest BCUT2D eigenvalue weighted by molar-refractivity contribution is -0.0534. The molecule has 1 aromatic rings. The number of carbonyl (C=O) groups is 1. The summed E-state index contributed by atoms with van der Waals surface area (Å²) in [5.41, 5.74) is 2.10. The van der Waals surface area contributed by atoms with Crippen LogP contribution in [0.15, 0.2) is 36.9 Å². The molecule has 5 rings (SSSR count). The molecule has 0 unspecified atom stereocenters. The number of rotatable bonds is 6. The van der Waals surface area contributed by atoms with E-state index in [9.17, 15) is 20.1 Å². The first-order valence-electron chi connectivity index (χ1n) is 11.1. The highest BCUT2D eigenvalue weighted by Crippen LogP contribution is 2.49. The van der Waals surface area contributed by atoms with Crippen molar-refractivity contribution in [2.75, 3.05) is 24.8 Å². The normalized spacial score (nSPS) is 28.5. The van der Waals surface area contributed by atoms with Crippen LogP contribution >= 0.6 is 0 Å². The zero-order chi connectivity index (χ0) is 22.4. The first-order valence-corrected chi connectivity index (χ1v) is 11.1. The van der Waals surface area contributed by atoms with Crippen LogP contribution in [0.1, 0.15) is 35.2 Å². The van der Waals surface area contributed by atoms with Gasteiger partial charge in [0.15, 0.2) is 11.5 Å². The first-order chi connectivity index (χ1) is 15.5. The summed E-state index contributed by atoms with van der Waals surface area (Å²) in [6.45, 7) is 4.96. The van der Waals surface area contributed by atoms with Crippen molar-refractivity contribution in [3.05, 3.63) is 48.1 Å². The van der Waals surface area contributed by atoms with Crippen molar-refractivity contribution in [2.45, 2.75) is 43.6 Å². The lowest BCUT2D eigenvalue weighted by atomic mass is 9.79. The Morgan fingerprint density at radius 2 is 2.00 bits per heavy atom. The molecular weight excluding hydrogens is 412 g/mol. The average Bonchev–Trinajstić information content (AvgIpc) is 3.21. The van der Waals surface area contributed by atoms with Crippen LogP contribution in [0.2, 0.25) is 0 Å². The Morgan fingerprint density at radius 3 is 2.72 bits per heavy atom. The van der Waals surface area contributed by atoms with E-state index in [1.54, 1.807) is 12.1 Å². The fourth-order valence-electron chi connectivity index (χ4n) is 4.81. The van der Waals surface area contributed by atoms with Crippen LogP contribution in [0.25, 0.3) is 5.57 Å². The zero-order valence-electron chi connectivity index (χ0n) is 17.7. The SMILES string of the molecule is C=CCN(C/C=C\C1CCC1)c1c2c(cc3c1C(=O)N[C@@H]1C3=C[C@H](O)[C@@H](O)[C@H]1O)OCO2. The van der Waals surface area contributed by atoms with Crippen molar-refractivity contribution >= 4 is 17.2 Å². The van der Waals surface area contributed by atoms with E-state index < -0.39 is 24.4 Å². The van der Waals surface area contributed by atoms with Gasteiger partial charge in [0.1, 0.15) is 18.3 Å². The van der Waals surface area contributed by atoms with Crippen molar-refractivity contribution in [2.24, 2.45) is 5.92 Å². The van der Waals surface area contributed by atoms with Gasteiger partial charge in [0.05, 0.1) is 17.3 Å². The Hall–Kier alpha value is -2.81. The van der Waals surface area contributed by atoms with Gasteiger partial charge in [-0.1, -0.05) is 24.6 Å². The Balaban J connectivity index is 1.62. The van der Waals surface area contributed by atoms with Gasteiger partial charge in [0.25, 0.3) is 5.91 Å². The third kappa shape index (κ3) is 3.39. The third-order valence-electron chi connectivity index (χ3n) is 6.74. The number of hydrogen-bond acceptors (Lipinski definition) is 7. The largest absolute Gasteiger partial charge is 0.453 e. The fourth-order valence-corrected chi connectivity index (χ4v) is 4.81. The van der Waals surface area contributed by atoms with E-state index in [1.807, 2.05) is 4.90 Å². The number of benzene rings is 1. The maximum atomic E-state index is 13.3. The van der Waals surface area contributed by atoms with E-state index in [0.29, 0.717) is 52.9 Å². The van der Waals surface area contributed by atoms with Crippen molar-refractivity contribution in [1.29, 1.82) is 0 Å². The number of anilines is 1. The standard InChI is InChI=1S/C24H28N2O6/c1-2-8-26(9-4-7-13-5-3-6-13)20-18-14(11-17-23(20)32-12-31-17)15-10-16(27)21(28)22(29)19(15)25-24(18)30/h2,4,7,10-11,13,16,19,21-22,27-29H,1,3,5-6,8-9,12H2,(H,25,30)/b7-4-/t16-,19+,21+,22-/m0/s1. The monoisotopic (exact) mass is 440 g/mol. The summed E-state index contributed by atoms with van der Waals surface area (Å²) in [5, 5.41) is 33.6. The van der Waals surface area contributed by atoms with E-state index in [0.717, 1.165) is 0 Å². The molecule has 170 valence electrons. The smallest absolute Gasteiger partial charge is 0.254 e. The number of ether oxygens (including phenoxy) is 2. The molecule has 32 heavy (non-hydrogen) atoms. The molecule has 0 spiro atoms. The van der Waals surface area contributed by atoms with Gasteiger partial charge in [0.2, 0.25) is 6.79 Å². The van der Waals surface area contributed by atoms with E-state index >= 15 is 0 Å². The maximum absolute atomic E-state index is 13.3. The number of amides is 1. The lowest BCUT2D eigenvalue weighted by Crippen LogP contribution is -2.57. The maximum Gasteiger partial charge on any atom is 0.254 e. The molecule has 2 aliphatic carbocycles. The molecule has 1 aromatic carbocycles. The fraction of sp³-hybridized carbons (Fsp3) is 0.458. The van der Waals surface area contributed by atoms with E-state index in [1.165, 1.54) is 25.3 Å². The van der Waals surface area contributed by atoms with Gasteiger partial charge in [-0.25, -0.2) is 0 Å². The number of carbonyl (C=O) groups excluding carboxylic acids is 1. The second-order valence-electron chi connectivity index (χ2n) is 8.74. The predicted octanol–water partition coefficient (Wildman–Crippen LogP) is 1.36. The molecule has 1 saturated carbocycles. The van der Waals surface area contributed by atoms with Gasteiger partial charge in [0, 0.05) is 13.1 Å². The van der Waals surface area contributed by atoms with Gasteiger partial charge in [-0.2, -0.15) is 0 Å². The summed E-state index contributed by atoms with van der Waals surface area (Å²) >= 11 is 0. The quantitative estimate of drug-likeness (QED) is 0.494. The Kier molecular flexibility index (Phi) is 5.44. The molecule has 1 fully saturated rings. The summed E-state index contributed by atoms with van der Waals surface area (Å²) in [6.07, 6.45) is 7.31. The highest BCUT2D eigenvalue weighted by atomic mass is 16.7. The van der Waals surface area contributed by atoms with Gasteiger partial charge in [-0.3, -0.25) is 4.79 Å². The summed E-state index contributed by atoms with van der Waals surface area (Å²) in [7, 11) is 0.